The number of anilines is 1. The van der Waals surface area contributed by atoms with Gasteiger partial charge in [-0.15, -0.1) is 5.10 Å². The average Bonchev–Trinajstić information content (AvgIpc) is 3.16. The number of nitrogens with two attached hydrogens (primary N) is 1. The SMILES string of the molecule is Nc1ncnc2c1cnn2Cc1cn(COC[C@@H](O)CO)nn1. The van der Waals surface area contributed by atoms with Crippen molar-refractivity contribution >= 4 is 16.9 Å². The zero-order chi connectivity index (χ0) is 16.2. The van der Waals surface area contributed by atoms with Crippen LogP contribution in [0.15, 0.2) is 18.7 Å². The highest BCUT2D eigenvalue weighted by Crippen LogP contribution is 2.15. The van der Waals surface area contributed by atoms with Crippen LogP contribution in [0, 0.1) is 0 Å². The van der Waals surface area contributed by atoms with Crippen LogP contribution in [0.5, 0.6) is 0 Å². The normalized spacial score (nSPS) is 12.8. The Bertz CT molecular complexity index is 786. The van der Waals surface area contributed by atoms with E-state index in [0.29, 0.717) is 29.1 Å². The third kappa shape index (κ3) is 3.41. The van der Waals surface area contributed by atoms with Crippen molar-refractivity contribution in [2.45, 2.75) is 19.4 Å². The third-order valence-corrected chi connectivity index (χ3v) is 3.11. The molecule has 0 radical (unpaired) electrons. The Kier molecular flexibility index (Phi) is 4.41. The maximum Gasteiger partial charge on any atom is 0.163 e. The first kappa shape index (κ1) is 15.3. The van der Waals surface area contributed by atoms with Crippen LogP contribution in [0.25, 0.3) is 11.0 Å². The quantitative estimate of drug-likeness (QED) is 0.466. The number of aliphatic hydroxyl groups is 2. The van der Waals surface area contributed by atoms with Gasteiger partial charge in [-0.3, -0.25) is 0 Å². The largest absolute Gasteiger partial charge is 0.394 e. The Labute approximate surface area is 130 Å². The fourth-order valence-electron chi connectivity index (χ4n) is 1.99. The van der Waals surface area contributed by atoms with E-state index in [1.807, 2.05) is 0 Å². The topological polar surface area (TPSA) is 150 Å². The molecule has 0 aliphatic heterocycles. The van der Waals surface area contributed by atoms with E-state index in [9.17, 15) is 5.11 Å². The molecule has 11 heteroatoms. The third-order valence-electron chi connectivity index (χ3n) is 3.11. The summed E-state index contributed by atoms with van der Waals surface area (Å²) in [5.74, 6) is 0.376. The summed E-state index contributed by atoms with van der Waals surface area (Å²) < 4.78 is 8.33. The zero-order valence-corrected chi connectivity index (χ0v) is 12.1. The van der Waals surface area contributed by atoms with Gasteiger partial charge in [0.05, 0.1) is 37.5 Å². The fourth-order valence-corrected chi connectivity index (χ4v) is 1.99. The Morgan fingerprint density at radius 1 is 1.35 bits per heavy atom. The van der Waals surface area contributed by atoms with E-state index < -0.39 is 6.10 Å². The summed E-state index contributed by atoms with van der Waals surface area (Å²) in [5, 5.41) is 30.7. The lowest BCUT2D eigenvalue weighted by molar-refractivity contribution is -0.0209. The highest BCUT2D eigenvalue weighted by molar-refractivity contribution is 5.84. The molecular formula is C12H16N8O3. The van der Waals surface area contributed by atoms with Gasteiger partial charge in [-0.1, -0.05) is 5.21 Å². The fraction of sp³-hybridized carbons (Fsp3) is 0.417. The van der Waals surface area contributed by atoms with Crippen LogP contribution in [0.1, 0.15) is 5.69 Å². The van der Waals surface area contributed by atoms with E-state index >= 15 is 0 Å². The molecule has 3 heterocycles. The molecule has 0 aliphatic carbocycles. The Balaban J connectivity index is 1.65. The van der Waals surface area contributed by atoms with Crippen LogP contribution in [0.3, 0.4) is 0 Å². The minimum absolute atomic E-state index is 0.0195. The Morgan fingerprint density at radius 2 is 2.22 bits per heavy atom. The number of hydrogen-bond donors (Lipinski definition) is 3. The monoisotopic (exact) mass is 320 g/mol. The van der Waals surface area contributed by atoms with Gasteiger partial charge in [0, 0.05) is 0 Å². The molecule has 4 N–H and O–H groups in total. The van der Waals surface area contributed by atoms with Gasteiger partial charge in [-0.2, -0.15) is 5.10 Å². The second kappa shape index (κ2) is 6.64. The number of aliphatic hydroxyl groups excluding tert-OH is 2. The van der Waals surface area contributed by atoms with Crippen molar-refractivity contribution < 1.29 is 14.9 Å². The Hall–Kier alpha value is -2.63. The van der Waals surface area contributed by atoms with Gasteiger partial charge in [0.25, 0.3) is 0 Å². The van der Waals surface area contributed by atoms with Crippen LogP contribution < -0.4 is 5.73 Å². The lowest BCUT2D eigenvalue weighted by atomic mass is 10.4. The van der Waals surface area contributed by atoms with Crippen LogP contribution >= 0.6 is 0 Å². The van der Waals surface area contributed by atoms with Crippen molar-refractivity contribution in [3.63, 3.8) is 0 Å². The summed E-state index contributed by atoms with van der Waals surface area (Å²) in [4.78, 5) is 8.07. The molecule has 1 atom stereocenters. The molecule has 0 saturated carbocycles. The maximum absolute atomic E-state index is 9.18. The summed E-state index contributed by atoms with van der Waals surface area (Å²) >= 11 is 0. The molecule has 0 unspecified atom stereocenters. The van der Waals surface area contributed by atoms with E-state index in [4.69, 9.17) is 15.6 Å². The summed E-state index contributed by atoms with van der Waals surface area (Å²) in [6, 6.07) is 0. The highest BCUT2D eigenvalue weighted by Gasteiger charge is 2.10. The summed E-state index contributed by atoms with van der Waals surface area (Å²) in [5.41, 5.74) is 7.05. The van der Waals surface area contributed by atoms with E-state index in [1.165, 1.54) is 11.0 Å². The first-order valence-corrected chi connectivity index (χ1v) is 6.85. The van der Waals surface area contributed by atoms with Gasteiger partial charge < -0.3 is 20.7 Å². The van der Waals surface area contributed by atoms with Crippen molar-refractivity contribution in [2.24, 2.45) is 0 Å². The predicted octanol–water partition coefficient (Wildman–Crippen LogP) is -1.62. The van der Waals surface area contributed by atoms with Crippen LogP contribution in [0.4, 0.5) is 5.82 Å². The number of nitrogen functional groups attached to an aromatic ring is 1. The first-order chi connectivity index (χ1) is 11.2. The second-order valence-electron chi connectivity index (χ2n) is 4.88. The summed E-state index contributed by atoms with van der Waals surface area (Å²) in [6.07, 6.45) is 3.78. The number of rotatable bonds is 7. The minimum Gasteiger partial charge on any atom is -0.394 e. The molecule has 122 valence electrons. The molecule has 11 nitrogen and oxygen atoms in total. The molecule has 0 amide bonds. The van der Waals surface area contributed by atoms with Gasteiger partial charge in [0.1, 0.15) is 30.7 Å². The maximum atomic E-state index is 9.18. The van der Waals surface area contributed by atoms with Gasteiger partial charge >= 0.3 is 0 Å². The van der Waals surface area contributed by atoms with Crippen LogP contribution in [-0.2, 0) is 18.0 Å². The molecule has 3 aromatic rings. The molecule has 0 aromatic carbocycles. The van der Waals surface area contributed by atoms with E-state index in [2.05, 4.69) is 25.4 Å². The standard InChI is InChI=1S/C12H16N8O3/c13-11-10-1-16-20(12(10)15-6-14-11)3-8-2-19(18-17-8)7-23-5-9(22)4-21/h1-2,6,9,21-22H,3-5,7H2,(H2,13,14,15)/t9-/m0/s1. The van der Waals surface area contributed by atoms with E-state index in [1.54, 1.807) is 17.1 Å². The Morgan fingerprint density at radius 3 is 3.04 bits per heavy atom. The molecule has 3 aromatic heterocycles. The minimum atomic E-state index is -0.904. The molecule has 0 spiro atoms. The van der Waals surface area contributed by atoms with E-state index in [0.717, 1.165) is 0 Å². The number of fused-ring (bicyclic) bond motifs is 1. The molecule has 0 fully saturated rings. The molecule has 0 aliphatic rings. The number of aromatic nitrogens is 7. The number of hydrogen-bond acceptors (Lipinski definition) is 9. The van der Waals surface area contributed by atoms with Gasteiger partial charge in [-0.05, 0) is 0 Å². The number of ether oxygens (including phenoxy) is 1. The van der Waals surface area contributed by atoms with Crippen molar-refractivity contribution in [1.29, 1.82) is 0 Å². The highest BCUT2D eigenvalue weighted by atomic mass is 16.5. The van der Waals surface area contributed by atoms with Crippen LogP contribution in [0.2, 0.25) is 0 Å². The molecule has 0 bridgehead atoms. The summed E-state index contributed by atoms with van der Waals surface area (Å²) in [6.45, 7) is 0.171. The average molecular weight is 320 g/mol. The zero-order valence-electron chi connectivity index (χ0n) is 12.1. The molecule has 0 saturated heterocycles. The lowest BCUT2D eigenvalue weighted by Gasteiger charge is -2.07. The molecule has 3 rings (SSSR count). The first-order valence-electron chi connectivity index (χ1n) is 6.85. The van der Waals surface area contributed by atoms with Crippen LogP contribution in [-0.4, -0.2) is 64.3 Å². The van der Waals surface area contributed by atoms with Gasteiger partial charge in [-0.25, -0.2) is 19.3 Å². The predicted molar refractivity (Wildman–Crippen MR) is 77.9 cm³/mol. The van der Waals surface area contributed by atoms with Crippen molar-refractivity contribution in [2.75, 3.05) is 18.9 Å². The number of nitrogens with zero attached hydrogens (tertiary/aromatic N) is 7. The van der Waals surface area contributed by atoms with E-state index in [-0.39, 0.29) is 19.9 Å². The van der Waals surface area contributed by atoms with Gasteiger partial charge in [0.2, 0.25) is 0 Å². The lowest BCUT2D eigenvalue weighted by Crippen LogP contribution is -2.20. The smallest absolute Gasteiger partial charge is 0.163 e. The van der Waals surface area contributed by atoms with Crippen molar-refractivity contribution in [3.05, 3.63) is 24.4 Å². The molecule has 23 heavy (non-hydrogen) atoms. The summed E-state index contributed by atoms with van der Waals surface area (Å²) in [7, 11) is 0. The second-order valence-corrected chi connectivity index (χ2v) is 4.88. The van der Waals surface area contributed by atoms with Gasteiger partial charge in [0.15, 0.2) is 5.65 Å². The van der Waals surface area contributed by atoms with Crippen molar-refractivity contribution in [1.82, 2.24) is 34.7 Å². The molecular weight excluding hydrogens is 304 g/mol. The van der Waals surface area contributed by atoms with Crippen molar-refractivity contribution in [3.8, 4) is 0 Å².